The monoisotopic (exact) mass is 270 g/mol. The van der Waals surface area contributed by atoms with E-state index in [0.717, 1.165) is 19.3 Å². The second-order valence-corrected chi connectivity index (χ2v) is 6.10. The van der Waals surface area contributed by atoms with E-state index >= 15 is 0 Å². The van der Waals surface area contributed by atoms with Gasteiger partial charge >= 0.3 is 10.2 Å². The lowest BCUT2D eigenvalue weighted by Gasteiger charge is -2.26. The molecular weight excluding hydrogens is 252 g/mol. The summed E-state index contributed by atoms with van der Waals surface area (Å²) in [6, 6.07) is 6.79. The van der Waals surface area contributed by atoms with Crippen molar-refractivity contribution in [2.45, 2.75) is 25.9 Å². The Kier molecular flexibility index (Phi) is 4.21. The molecule has 0 saturated carbocycles. The van der Waals surface area contributed by atoms with E-state index in [4.69, 9.17) is 5.11 Å². The quantitative estimate of drug-likeness (QED) is 0.867. The molecule has 1 aromatic rings. The Morgan fingerprint density at radius 1 is 1.22 bits per heavy atom. The van der Waals surface area contributed by atoms with E-state index in [1.165, 1.54) is 4.31 Å². The molecule has 1 heterocycles. The van der Waals surface area contributed by atoms with Gasteiger partial charge in [-0.2, -0.15) is 12.7 Å². The number of nitrogens with zero attached hydrogens (tertiary/aromatic N) is 1. The highest BCUT2D eigenvalue weighted by molar-refractivity contribution is 7.90. The van der Waals surface area contributed by atoms with Crippen LogP contribution in [-0.2, 0) is 16.8 Å². The molecule has 1 aromatic carbocycles. The first-order valence-corrected chi connectivity index (χ1v) is 7.53. The number of hydrogen-bond donors (Lipinski definition) is 2. The third-order valence-electron chi connectivity index (χ3n) is 3.01. The zero-order chi connectivity index (χ0) is 13.0. The summed E-state index contributed by atoms with van der Waals surface area (Å²) in [6.07, 6.45) is 2.92. The molecule has 18 heavy (non-hydrogen) atoms. The topological polar surface area (TPSA) is 69.6 Å². The zero-order valence-corrected chi connectivity index (χ0v) is 11.0. The van der Waals surface area contributed by atoms with Crippen LogP contribution in [0.2, 0.25) is 0 Å². The molecule has 100 valence electrons. The molecule has 0 atom stereocenters. The molecular formula is C12H18N2O3S. The van der Waals surface area contributed by atoms with Gasteiger partial charge in [0.1, 0.15) is 0 Å². The van der Waals surface area contributed by atoms with E-state index in [1.54, 1.807) is 24.3 Å². The SMILES string of the molecule is O=S(=O)(Nc1cccc(CO)c1)N1CCCCC1. The second-order valence-electron chi connectivity index (χ2n) is 4.43. The molecule has 6 heteroatoms. The van der Waals surface area contributed by atoms with Gasteiger partial charge in [0.2, 0.25) is 0 Å². The number of rotatable bonds is 4. The minimum absolute atomic E-state index is 0.0979. The molecule has 0 radical (unpaired) electrons. The van der Waals surface area contributed by atoms with Gasteiger partial charge in [-0.3, -0.25) is 4.72 Å². The molecule has 0 amide bonds. The van der Waals surface area contributed by atoms with Crippen molar-refractivity contribution in [3.05, 3.63) is 29.8 Å². The third-order valence-corrected chi connectivity index (χ3v) is 4.55. The van der Waals surface area contributed by atoms with Crippen LogP contribution in [-0.4, -0.2) is 30.9 Å². The maximum absolute atomic E-state index is 12.1. The standard InChI is InChI=1S/C12H18N2O3S/c15-10-11-5-4-6-12(9-11)13-18(16,17)14-7-2-1-3-8-14/h4-6,9,13,15H,1-3,7-8,10H2. The lowest BCUT2D eigenvalue weighted by atomic mass is 10.2. The molecule has 1 aliphatic heterocycles. The van der Waals surface area contributed by atoms with Gasteiger partial charge in [-0.25, -0.2) is 0 Å². The molecule has 5 nitrogen and oxygen atoms in total. The van der Waals surface area contributed by atoms with E-state index < -0.39 is 10.2 Å². The Morgan fingerprint density at radius 3 is 2.61 bits per heavy atom. The number of aliphatic hydroxyl groups is 1. The first kappa shape index (κ1) is 13.3. The Bertz CT molecular complexity index is 496. The number of hydrogen-bond acceptors (Lipinski definition) is 3. The molecule has 0 bridgehead atoms. The van der Waals surface area contributed by atoms with Crippen molar-refractivity contribution in [3.8, 4) is 0 Å². The largest absolute Gasteiger partial charge is 0.392 e. The Labute approximate surface area is 108 Å². The van der Waals surface area contributed by atoms with Gasteiger partial charge in [-0.05, 0) is 30.5 Å². The van der Waals surface area contributed by atoms with E-state index in [2.05, 4.69) is 4.72 Å². The van der Waals surface area contributed by atoms with Gasteiger partial charge in [-0.1, -0.05) is 18.6 Å². The van der Waals surface area contributed by atoms with Crippen LogP contribution in [0.3, 0.4) is 0 Å². The van der Waals surface area contributed by atoms with E-state index in [-0.39, 0.29) is 6.61 Å². The lowest BCUT2D eigenvalue weighted by Crippen LogP contribution is -2.39. The summed E-state index contributed by atoms with van der Waals surface area (Å²) >= 11 is 0. The van der Waals surface area contributed by atoms with E-state index in [1.807, 2.05) is 0 Å². The van der Waals surface area contributed by atoms with Crippen LogP contribution in [0, 0.1) is 0 Å². The van der Waals surface area contributed by atoms with Crippen LogP contribution < -0.4 is 4.72 Å². The average Bonchev–Trinajstić information content (AvgIpc) is 2.39. The predicted octanol–water partition coefficient (Wildman–Crippen LogP) is 1.32. The van der Waals surface area contributed by atoms with Gasteiger partial charge in [0, 0.05) is 13.1 Å². The zero-order valence-electron chi connectivity index (χ0n) is 10.2. The van der Waals surface area contributed by atoms with Crippen LogP contribution in [0.5, 0.6) is 0 Å². The molecule has 2 rings (SSSR count). The maximum Gasteiger partial charge on any atom is 0.301 e. The summed E-state index contributed by atoms with van der Waals surface area (Å²) < 4.78 is 28.2. The highest BCUT2D eigenvalue weighted by atomic mass is 32.2. The Hall–Kier alpha value is -1.11. The minimum Gasteiger partial charge on any atom is -0.392 e. The van der Waals surface area contributed by atoms with Gasteiger partial charge in [0.25, 0.3) is 0 Å². The summed E-state index contributed by atoms with van der Waals surface area (Å²) in [7, 11) is -3.46. The number of nitrogens with one attached hydrogen (secondary N) is 1. The molecule has 0 aromatic heterocycles. The lowest BCUT2D eigenvalue weighted by molar-refractivity contribution is 0.282. The summed E-state index contributed by atoms with van der Waals surface area (Å²) in [6.45, 7) is 1.06. The summed E-state index contributed by atoms with van der Waals surface area (Å²) in [5.41, 5.74) is 1.18. The average molecular weight is 270 g/mol. The Morgan fingerprint density at radius 2 is 1.94 bits per heavy atom. The van der Waals surface area contributed by atoms with E-state index in [9.17, 15) is 8.42 Å². The fraction of sp³-hybridized carbons (Fsp3) is 0.500. The fourth-order valence-corrected chi connectivity index (χ4v) is 3.34. The molecule has 0 unspecified atom stereocenters. The summed E-state index contributed by atoms with van der Waals surface area (Å²) in [4.78, 5) is 0. The minimum atomic E-state index is -3.46. The van der Waals surface area contributed by atoms with Crippen LogP contribution in [0.25, 0.3) is 0 Å². The van der Waals surface area contributed by atoms with Gasteiger partial charge in [0.15, 0.2) is 0 Å². The van der Waals surface area contributed by atoms with Gasteiger partial charge < -0.3 is 5.11 Å². The van der Waals surface area contributed by atoms with Crippen molar-refractivity contribution in [3.63, 3.8) is 0 Å². The first-order valence-electron chi connectivity index (χ1n) is 6.09. The second kappa shape index (κ2) is 5.69. The van der Waals surface area contributed by atoms with Crippen LogP contribution in [0.15, 0.2) is 24.3 Å². The molecule has 0 aliphatic carbocycles. The van der Waals surface area contributed by atoms with Crippen LogP contribution >= 0.6 is 0 Å². The van der Waals surface area contributed by atoms with Gasteiger partial charge in [-0.15, -0.1) is 0 Å². The van der Waals surface area contributed by atoms with Crippen LogP contribution in [0.4, 0.5) is 5.69 Å². The van der Waals surface area contributed by atoms with Crippen molar-refractivity contribution in [1.82, 2.24) is 4.31 Å². The molecule has 0 spiro atoms. The summed E-state index contributed by atoms with van der Waals surface area (Å²) in [5.74, 6) is 0. The van der Waals surface area contributed by atoms with Crippen molar-refractivity contribution in [2.75, 3.05) is 17.8 Å². The normalized spacial score (nSPS) is 17.6. The van der Waals surface area contributed by atoms with Crippen molar-refractivity contribution in [2.24, 2.45) is 0 Å². The number of benzene rings is 1. The smallest absolute Gasteiger partial charge is 0.301 e. The van der Waals surface area contributed by atoms with Crippen molar-refractivity contribution in [1.29, 1.82) is 0 Å². The molecule has 1 saturated heterocycles. The maximum atomic E-state index is 12.1. The molecule has 2 N–H and O–H groups in total. The highest BCUT2D eigenvalue weighted by Gasteiger charge is 2.23. The number of aliphatic hydroxyl groups excluding tert-OH is 1. The molecule has 1 aliphatic rings. The fourth-order valence-electron chi connectivity index (χ4n) is 2.05. The van der Waals surface area contributed by atoms with E-state index in [0.29, 0.717) is 24.3 Å². The predicted molar refractivity (Wildman–Crippen MR) is 70.3 cm³/mol. The summed E-state index contributed by atoms with van der Waals surface area (Å²) in [5, 5.41) is 9.02. The van der Waals surface area contributed by atoms with Crippen LogP contribution in [0.1, 0.15) is 24.8 Å². The highest BCUT2D eigenvalue weighted by Crippen LogP contribution is 2.17. The molecule has 1 fully saturated rings. The third kappa shape index (κ3) is 3.22. The number of piperidine rings is 1. The number of anilines is 1. The van der Waals surface area contributed by atoms with Crippen molar-refractivity contribution >= 4 is 15.9 Å². The first-order chi connectivity index (χ1) is 8.62. The van der Waals surface area contributed by atoms with Gasteiger partial charge in [0.05, 0.1) is 12.3 Å². The Balaban J connectivity index is 2.11. The van der Waals surface area contributed by atoms with Crippen molar-refractivity contribution < 1.29 is 13.5 Å².